The van der Waals surface area contributed by atoms with Crippen LogP contribution in [0.3, 0.4) is 0 Å². The summed E-state index contributed by atoms with van der Waals surface area (Å²) in [7, 11) is 0. The molecular weight excluding hydrogens is 234 g/mol. The average molecular weight is 255 g/mol. The Hall–Kier alpha value is -1.14. The lowest BCUT2D eigenvalue weighted by Gasteiger charge is -2.40. The van der Waals surface area contributed by atoms with Crippen LogP contribution >= 0.6 is 0 Å². The van der Waals surface area contributed by atoms with E-state index in [1.807, 2.05) is 0 Å². The van der Waals surface area contributed by atoms with Crippen LogP contribution in [0.4, 0.5) is 0 Å². The average Bonchev–Trinajstić information content (AvgIpc) is 2.39. The van der Waals surface area contributed by atoms with Crippen LogP contribution in [0.5, 0.6) is 0 Å². The molecule has 0 bridgehead atoms. The second kappa shape index (κ2) is 5.24. The van der Waals surface area contributed by atoms with Gasteiger partial charge in [0.25, 0.3) is 5.91 Å². The van der Waals surface area contributed by atoms with Gasteiger partial charge >= 0.3 is 0 Å². The molecule has 102 valence electrons. The molecule has 2 heterocycles. The second-order valence-electron chi connectivity index (χ2n) is 5.23. The summed E-state index contributed by atoms with van der Waals surface area (Å²) in [5.74, 6) is -0.306. The van der Waals surface area contributed by atoms with Crippen LogP contribution in [-0.4, -0.2) is 55.1 Å². The van der Waals surface area contributed by atoms with E-state index in [0.717, 1.165) is 25.9 Å². The highest BCUT2D eigenvalue weighted by molar-refractivity contribution is 5.85. The number of primary amides is 1. The quantitative estimate of drug-likeness (QED) is 0.669. The molecule has 2 rings (SSSR count). The number of carbonyl (C=O) groups is 2. The van der Waals surface area contributed by atoms with Gasteiger partial charge in [-0.25, -0.2) is 0 Å². The maximum Gasteiger partial charge on any atom is 0.251 e. The molecule has 1 unspecified atom stereocenters. The minimum absolute atomic E-state index is 0.0708. The van der Waals surface area contributed by atoms with Crippen molar-refractivity contribution in [3.05, 3.63) is 0 Å². The van der Waals surface area contributed by atoms with Crippen molar-refractivity contribution in [1.82, 2.24) is 10.2 Å². The van der Waals surface area contributed by atoms with E-state index < -0.39 is 11.5 Å². The minimum atomic E-state index is -1.04. The number of nitrogens with one attached hydrogen (secondary N) is 1. The molecule has 6 nitrogen and oxygen atoms in total. The molecule has 2 aliphatic rings. The number of hydrogen-bond donors (Lipinski definition) is 2. The van der Waals surface area contributed by atoms with Crippen LogP contribution < -0.4 is 11.1 Å². The van der Waals surface area contributed by atoms with Gasteiger partial charge in [-0.05, 0) is 32.9 Å². The number of ether oxygens (including phenoxy) is 1. The number of piperidine rings is 1. The van der Waals surface area contributed by atoms with Gasteiger partial charge in [-0.1, -0.05) is 0 Å². The van der Waals surface area contributed by atoms with E-state index in [9.17, 15) is 9.59 Å². The van der Waals surface area contributed by atoms with Gasteiger partial charge in [0.2, 0.25) is 5.91 Å². The Labute approximate surface area is 107 Å². The summed E-state index contributed by atoms with van der Waals surface area (Å²) in [4.78, 5) is 25.5. The Morgan fingerprint density at radius 2 is 2.06 bits per heavy atom. The summed E-state index contributed by atoms with van der Waals surface area (Å²) in [6, 6.07) is 0. The Morgan fingerprint density at radius 1 is 1.39 bits per heavy atom. The van der Waals surface area contributed by atoms with Gasteiger partial charge in [-0.2, -0.15) is 0 Å². The van der Waals surface area contributed by atoms with Crippen LogP contribution in [0.25, 0.3) is 0 Å². The first kappa shape index (κ1) is 13.3. The van der Waals surface area contributed by atoms with Crippen molar-refractivity contribution in [2.24, 2.45) is 11.7 Å². The van der Waals surface area contributed by atoms with Crippen molar-refractivity contribution in [2.75, 3.05) is 32.8 Å². The Morgan fingerprint density at radius 3 is 2.67 bits per heavy atom. The fourth-order valence-electron chi connectivity index (χ4n) is 2.53. The number of morpholine rings is 1. The summed E-state index contributed by atoms with van der Waals surface area (Å²) in [6.07, 6.45) is 1.73. The first-order valence-corrected chi connectivity index (χ1v) is 6.46. The summed E-state index contributed by atoms with van der Waals surface area (Å²) >= 11 is 0. The van der Waals surface area contributed by atoms with E-state index in [2.05, 4.69) is 5.32 Å². The Balaban J connectivity index is 1.99. The summed E-state index contributed by atoms with van der Waals surface area (Å²) in [5, 5.41) is 3.24. The van der Waals surface area contributed by atoms with Gasteiger partial charge in [0.05, 0.1) is 13.2 Å². The van der Waals surface area contributed by atoms with E-state index in [1.54, 1.807) is 11.8 Å². The molecule has 2 aliphatic heterocycles. The molecule has 1 atom stereocenters. The number of carbonyl (C=O) groups excluding carboxylic acids is 2. The lowest BCUT2D eigenvalue weighted by molar-refractivity contribution is -0.162. The van der Waals surface area contributed by atoms with Crippen LogP contribution in [0.15, 0.2) is 0 Å². The van der Waals surface area contributed by atoms with Gasteiger partial charge in [0.15, 0.2) is 5.60 Å². The Kier molecular flexibility index (Phi) is 3.87. The van der Waals surface area contributed by atoms with Gasteiger partial charge in [0, 0.05) is 12.5 Å². The van der Waals surface area contributed by atoms with Crippen LogP contribution in [0, 0.1) is 5.92 Å². The van der Waals surface area contributed by atoms with E-state index in [0.29, 0.717) is 13.2 Å². The largest absolute Gasteiger partial charge is 0.367 e. The molecule has 2 saturated heterocycles. The van der Waals surface area contributed by atoms with Crippen LogP contribution in [0.1, 0.15) is 19.8 Å². The fraction of sp³-hybridized carbons (Fsp3) is 0.833. The predicted octanol–water partition coefficient (Wildman–Crippen LogP) is -0.911. The highest BCUT2D eigenvalue weighted by Gasteiger charge is 2.40. The molecule has 3 N–H and O–H groups in total. The smallest absolute Gasteiger partial charge is 0.251 e. The normalized spacial score (nSPS) is 30.2. The molecule has 2 fully saturated rings. The molecule has 0 saturated carbocycles. The predicted molar refractivity (Wildman–Crippen MR) is 65.7 cm³/mol. The molecule has 2 amide bonds. The molecule has 0 aliphatic carbocycles. The monoisotopic (exact) mass is 255 g/mol. The van der Waals surface area contributed by atoms with Crippen molar-refractivity contribution < 1.29 is 14.3 Å². The second-order valence-corrected chi connectivity index (χ2v) is 5.23. The first-order chi connectivity index (χ1) is 8.53. The summed E-state index contributed by atoms with van der Waals surface area (Å²) in [5.41, 5.74) is 4.29. The maximum atomic E-state index is 12.4. The highest BCUT2D eigenvalue weighted by atomic mass is 16.5. The molecular formula is C12H21N3O3. The third-order valence-electron chi connectivity index (χ3n) is 3.80. The Bertz CT molecular complexity index is 341. The minimum Gasteiger partial charge on any atom is -0.367 e. The number of amides is 2. The van der Waals surface area contributed by atoms with Crippen molar-refractivity contribution in [2.45, 2.75) is 25.4 Å². The van der Waals surface area contributed by atoms with Crippen LogP contribution in [0.2, 0.25) is 0 Å². The van der Waals surface area contributed by atoms with E-state index >= 15 is 0 Å². The third kappa shape index (κ3) is 2.64. The lowest BCUT2D eigenvalue weighted by Crippen LogP contribution is -2.59. The van der Waals surface area contributed by atoms with E-state index in [1.165, 1.54) is 0 Å². The number of rotatable bonds is 2. The summed E-state index contributed by atoms with van der Waals surface area (Å²) in [6.45, 7) is 4.60. The highest BCUT2D eigenvalue weighted by Crippen LogP contribution is 2.21. The van der Waals surface area contributed by atoms with Gasteiger partial charge in [0.1, 0.15) is 0 Å². The van der Waals surface area contributed by atoms with Gasteiger partial charge in [-0.15, -0.1) is 0 Å². The molecule has 0 radical (unpaired) electrons. The van der Waals surface area contributed by atoms with Crippen molar-refractivity contribution >= 4 is 11.8 Å². The molecule has 6 heteroatoms. The van der Waals surface area contributed by atoms with Crippen molar-refractivity contribution in [3.8, 4) is 0 Å². The molecule has 0 aromatic rings. The van der Waals surface area contributed by atoms with Crippen molar-refractivity contribution in [3.63, 3.8) is 0 Å². The number of hydrogen-bond acceptors (Lipinski definition) is 4. The fourth-order valence-corrected chi connectivity index (χ4v) is 2.53. The van der Waals surface area contributed by atoms with E-state index in [4.69, 9.17) is 10.5 Å². The topological polar surface area (TPSA) is 84.7 Å². The standard InChI is InChI=1S/C12H21N3O3/c1-12(11(13)17)8-15(6-7-18-12)10(16)9-2-4-14-5-3-9/h9,14H,2-8H2,1H3,(H2,13,17). The van der Waals surface area contributed by atoms with E-state index in [-0.39, 0.29) is 18.4 Å². The van der Waals surface area contributed by atoms with Gasteiger partial charge in [-0.3, -0.25) is 9.59 Å². The molecule has 0 aromatic carbocycles. The van der Waals surface area contributed by atoms with Gasteiger partial charge < -0.3 is 20.7 Å². The van der Waals surface area contributed by atoms with Crippen molar-refractivity contribution in [1.29, 1.82) is 0 Å². The number of nitrogens with two attached hydrogens (primary N) is 1. The SMILES string of the molecule is CC1(C(N)=O)CN(C(=O)C2CCNCC2)CCO1. The molecule has 0 spiro atoms. The molecule has 0 aromatic heterocycles. The maximum absolute atomic E-state index is 12.4. The first-order valence-electron chi connectivity index (χ1n) is 6.46. The molecule has 18 heavy (non-hydrogen) atoms. The zero-order chi connectivity index (χ0) is 13.2. The zero-order valence-corrected chi connectivity index (χ0v) is 10.8. The lowest BCUT2D eigenvalue weighted by atomic mass is 9.95. The summed E-state index contributed by atoms with van der Waals surface area (Å²) < 4.78 is 5.41. The number of nitrogens with zero attached hydrogens (tertiary/aromatic N) is 1. The third-order valence-corrected chi connectivity index (χ3v) is 3.80. The van der Waals surface area contributed by atoms with Crippen LogP contribution in [-0.2, 0) is 14.3 Å². The zero-order valence-electron chi connectivity index (χ0n) is 10.8.